The van der Waals surface area contributed by atoms with Gasteiger partial charge in [-0.25, -0.2) is 9.97 Å². The summed E-state index contributed by atoms with van der Waals surface area (Å²) in [7, 11) is 0. The highest BCUT2D eigenvalue weighted by molar-refractivity contribution is 5.88. The van der Waals surface area contributed by atoms with E-state index in [1.807, 2.05) is 54.7 Å². The Hall–Kier alpha value is -3.16. The van der Waals surface area contributed by atoms with Gasteiger partial charge >= 0.3 is 0 Å². The molecule has 1 atom stereocenters. The number of benzene rings is 1. The molecule has 0 saturated heterocycles. The maximum Gasteiger partial charge on any atom is 0.163 e. The van der Waals surface area contributed by atoms with E-state index in [2.05, 4.69) is 30.6 Å². The molecule has 132 valence electrons. The molecule has 0 aliphatic rings. The van der Waals surface area contributed by atoms with Gasteiger partial charge in [0.25, 0.3) is 0 Å². The minimum atomic E-state index is -0.718. The fraction of sp³-hybridized carbons (Fsp3) is 0.158. The summed E-state index contributed by atoms with van der Waals surface area (Å²) >= 11 is 0. The lowest BCUT2D eigenvalue weighted by Crippen LogP contribution is -2.27. The van der Waals surface area contributed by atoms with Crippen molar-refractivity contribution >= 4 is 16.9 Å². The van der Waals surface area contributed by atoms with Gasteiger partial charge in [0, 0.05) is 31.0 Å². The van der Waals surface area contributed by atoms with Gasteiger partial charge in [-0.3, -0.25) is 5.32 Å². The van der Waals surface area contributed by atoms with Crippen LogP contribution in [-0.2, 0) is 0 Å². The third kappa shape index (κ3) is 3.44. The van der Waals surface area contributed by atoms with Gasteiger partial charge in [-0.1, -0.05) is 30.3 Å². The lowest BCUT2D eigenvalue weighted by Gasteiger charge is -2.13. The summed E-state index contributed by atoms with van der Waals surface area (Å²) in [4.78, 5) is 15.4. The van der Waals surface area contributed by atoms with E-state index in [0.29, 0.717) is 18.9 Å². The number of aliphatic hydroxyl groups is 1. The van der Waals surface area contributed by atoms with Crippen LogP contribution in [0.3, 0.4) is 0 Å². The van der Waals surface area contributed by atoms with Crippen LogP contribution in [0.25, 0.3) is 22.4 Å². The Balaban J connectivity index is 1.46. The zero-order valence-corrected chi connectivity index (χ0v) is 14.1. The minimum absolute atomic E-state index is 0.580. The van der Waals surface area contributed by atoms with Crippen LogP contribution in [0.1, 0.15) is 11.9 Å². The van der Waals surface area contributed by atoms with Crippen LogP contribution in [0.2, 0.25) is 0 Å². The van der Waals surface area contributed by atoms with Gasteiger partial charge in [0.2, 0.25) is 0 Å². The fourth-order valence-electron chi connectivity index (χ4n) is 2.81. The van der Waals surface area contributed by atoms with Gasteiger partial charge in [0.05, 0.1) is 11.1 Å². The molecule has 7 nitrogen and oxygen atoms in total. The highest BCUT2D eigenvalue weighted by atomic mass is 16.3. The second-order valence-electron chi connectivity index (χ2n) is 5.91. The lowest BCUT2D eigenvalue weighted by molar-refractivity contribution is 0.137. The Labute approximate surface area is 150 Å². The monoisotopic (exact) mass is 348 g/mol. The van der Waals surface area contributed by atoms with Crippen molar-refractivity contribution in [2.45, 2.75) is 6.23 Å². The van der Waals surface area contributed by atoms with E-state index in [4.69, 9.17) is 0 Å². The van der Waals surface area contributed by atoms with Gasteiger partial charge < -0.3 is 20.4 Å². The number of hydrogen-bond acceptors (Lipinski definition) is 5. The highest BCUT2D eigenvalue weighted by Crippen LogP contribution is 2.23. The number of aromatic nitrogens is 4. The molecule has 3 aromatic heterocycles. The number of nitrogens with one attached hydrogen (secondary N) is 4. The Kier molecular flexibility index (Phi) is 4.63. The van der Waals surface area contributed by atoms with Gasteiger partial charge in [0.15, 0.2) is 5.82 Å². The summed E-state index contributed by atoms with van der Waals surface area (Å²) < 4.78 is 0. The number of nitrogens with zero attached hydrogens (tertiary/aromatic N) is 2. The van der Waals surface area contributed by atoms with E-state index in [1.165, 1.54) is 0 Å². The molecular weight excluding hydrogens is 328 g/mol. The van der Waals surface area contributed by atoms with Crippen molar-refractivity contribution < 1.29 is 5.11 Å². The number of anilines is 1. The van der Waals surface area contributed by atoms with Gasteiger partial charge in [-0.05, 0) is 18.2 Å². The van der Waals surface area contributed by atoms with Crippen molar-refractivity contribution in [2.24, 2.45) is 0 Å². The van der Waals surface area contributed by atoms with E-state index in [-0.39, 0.29) is 0 Å². The molecule has 5 N–H and O–H groups in total. The smallest absolute Gasteiger partial charge is 0.163 e. The first-order chi connectivity index (χ1) is 12.8. The van der Waals surface area contributed by atoms with Crippen molar-refractivity contribution in [2.75, 3.05) is 18.4 Å². The van der Waals surface area contributed by atoms with E-state index >= 15 is 0 Å². The number of hydrogen-bond donors (Lipinski definition) is 5. The predicted octanol–water partition coefficient (Wildman–Crippen LogP) is 2.65. The average molecular weight is 348 g/mol. The maximum absolute atomic E-state index is 10.0. The molecule has 1 aromatic carbocycles. The molecule has 0 aliphatic heterocycles. The predicted molar refractivity (Wildman–Crippen MR) is 102 cm³/mol. The second kappa shape index (κ2) is 7.38. The number of aliphatic hydroxyl groups excluding tert-OH is 1. The molecule has 0 aliphatic carbocycles. The largest absolute Gasteiger partial charge is 0.373 e. The molecule has 4 aromatic rings. The molecule has 26 heavy (non-hydrogen) atoms. The molecule has 7 heteroatoms. The standard InChI is InChI=1S/C19H20N6O/c26-19(15-7-4-9-20-15)23-12-11-22-18-14-8-10-21-17(14)24-16(25-18)13-5-2-1-3-6-13/h1-10,19-20,23,26H,11-12H2,(H2,21,22,24,25). The molecule has 0 radical (unpaired) electrons. The first-order valence-corrected chi connectivity index (χ1v) is 8.50. The molecule has 1 unspecified atom stereocenters. The van der Waals surface area contributed by atoms with Crippen molar-refractivity contribution in [3.05, 3.63) is 66.6 Å². The second-order valence-corrected chi connectivity index (χ2v) is 5.91. The summed E-state index contributed by atoms with van der Waals surface area (Å²) in [6.45, 7) is 1.19. The van der Waals surface area contributed by atoms with Crippen LogP contribution in [0.15, 0.2) is 60.9 Å². The van der Waals surface area contributed by atoms with Gasteiger partial charge in [-0.2, -0.15) is 0 Å². The third-order valence-corrected chi connectivity index (χ3v) is 4.12. The van der Waals surface area contributed by atoms with E-state index in [0.717, 1.165) is 28.1 Å². The Morgan fingerprint density at radius 1 is 0.923 bits per heavy atom. The SMILES string of the molecule is OC(NCCNc1nc(-c2ccccc2)nc2[nH]ccc12)c1ccc[nH]1. The molecular formula is C19H20N6O. The van der Waals surface area contributed by atoms with Gasteiger partial charge in [-0.15, -0.1) is 0 Å². The first kappa shape index (κ1) is 16.3. The molecule has 0 spiro atoms. The fourth-order valence-corrected chi connectivity index (χ4v) is 2.81. The van der Waals surface area contributed by atoms with Crippen molar-refractivity contribution in [3.63, 3.8) is 0 Å². The van der Waals surface area contributed by atoms with Crippen LogP contribution in [0.5, 0.6) is 0 Å². The molecule has 0 fully saturated rings. The number of H-pyrrole nitrogens is 2. The normalized spacial score (nSPS) is 12.3. The molecule has 4 rings (SSSR count). The minimum Gasteiger partial charge on any atom is -0.373 e. The Bertz CT molecular complexity index is 964. The molecule has 0 saturated carbocycles. The zero-order chi connectivity index (χ0) is 17.8. The van der Waals surface area contributed by atoms with Crippen LogP contribution >= 0.6 is 0 Å². The summed E-state index contributed by atoms with van der Waals surface area (Å²) in [5.41, 5.74) is 2.50. The zero-order valence-electron chi connectivity index (χ0n) is 14.1. The summed E-state index contributed by atoms with van der Waals surface area (Å²) in [6.07, 6.45) is 2.92. The van der Waals surface area contributed by atoms with E-state index in [1.54, 1.807) is 6.20 Å². The topological polar surface area (TPSA) is 102 Å². The Morgan fingerprint density at radius 3 is 2.62 bits per heavy atom. The van der Waals surface area contributed by atoms with Crippen LogP contribution in [0, 0.1) is 0 Å². The molecule has 3 heterocycles. The number of aromatic amines is 2. The van der Waals surface area contributed by atoms with Crippen molar-refractivity contribution in [1.82, 2.24) is 25.3 Å². The summed E-state index contributed by atoms with van der Waals surface area (Å²) in [5.74, 6) is 1.44. The maximum atomic E-state index is 10.0. The van der Waals surface area contributed by atoms with E-state index in [9.17, 15) is 5.11 Å². The van der Waals surface area contributed by atoms with Crippen molar-refractivity contribution in [1.29, 1.82) is 0 Å². The molecule has 0 bridgehead atoms. The first-order valence-electron chi connectivity index (χ1n) is 8.50. The van der Waals surface area contributed by atoms with Crippen LogP contribution in [-0.4, -0.2) is 38.1 Å². The Morgan fingerprint density at radius 2 is 1.81 bits per heavy atom. The van der Waals surface area contributed by atoms with Crippen LogP contribution in [0.4, 0.5) is 5.82 Å². The lowest BCUT2D eigenvalue weighted by atomic mass is 10.2. The summed E-state index contributed by atoms with van der Waals surface area (Å²) in [6, 6.07) is 15.5. The third-order valence-electron chi connectivity index (χ3n) is 4.12. The quantitative estimate of drug-likeness (QED) is 0.261. The van der Waals surface area contributed by atoms with Crippen molar-refractivity contribution in [3.8, 4) is 11.4 Å². The number of rotatable bonds is 7. The summed E-state index contributed by atoms with van der Waals surface area (Å²) in [5, 5.41) is 17.4. The van der Waals surface area contributed by atoms with Crippen LogP contribution < -0.4 is 10.6 Å². The highest BCUT2D eigenvalue weighted by Gasteiger charge is 2.10. The molecule has 0 amide bonds. The van der Waals surface area contributed by atoms with Gasteiger partial charge in [0.1, 0.15) is 17.7 Å². The average Bonchev–Trinajstić information content (AvgIpc) is 3.37. The number of fused-ring (bicyclic) bond motifs is 1. The van der Waals surface area contributed by atoms with E-state index < -0.39 is 6.23 Å².